The molecule has 0 spiro atoms. The topological polar surface area (TPSA) is 26.0 Å². The molecule has 2 aromatic carbocycles. The Balaban J connectivity index is 2.00. The third-order valence-corrected chi connectivity index (χ3v) is 4.63. The van der Waals surface area contributed by atoms with Gasteiger partial charge in [0, 0.05) is 10.0 Å². The van der Waals surface area contributed by atoms with E-state index in [0.29, 0.717) is 12.0 Å². The van der Waals surface area contributed by atoms with E-state index in [1.165, 1.54) is 17.2 Å². The number of hydrogen-bond acceptors (Lipinski definition) is 1. The van der Waals surface area contributed by atoms with Crippen LogP contribution in [0.1, 0.15) is 29.5 Å². The monoisotopic (exact) mass is 333 g/mol. The molecule has 0 aromatic heterocycles. The average molecular weight is 334 g/mol. The van der Waals surface area contributed by atoms with Gasteiger partial charge in [0.05, 0.1) is 0 Å². The Bertz CT molecular complexity index is 641. The van der Waals surface area contributed by atoms with Gasteiger partial charge in [-0.1, -0.05) is 40.2 Å². The fraction of sp³-hybridized carbons (Fsp3) is 0.294. The van der Waals surface area contributed by atoms with Crippen molar-refractivity contribution in [2.45, 2.75) is 31.2 Å². The molecule has 1 unspecified atom stereocenters. The van der Waals surface area contributed by atoms with Crippen molar-refractivity contribution < 1.29 is 4.39 Å². The normalized spacial score (nSPS) is 21.6. The molecule has 1 aliphatic rings. The van der Waals surface area contributed by atoms with Crippen molar-refractivity contribution in [3.63, 3.8) is 0 Å². The van der Waals surface area contributed by atoms with Crippen molar-refractivity contribution >= 4 is 15.9 Å². The highest BCUT2D eigenvalue weighted by atomic mass is 79.9. The number of aryl methyl sites for hydroxylation is 1. The zero-order valence-electron chi connectivity index (χ0n) is 11.2. The number of hydrogen-bond donors (Lipinski definition) is 1. The van der Waals surface area contributed by atoms with E-state index in [1.807, 2.05) is 18.2 Å². The lowest BCUT2D eigenvalue weighted by molar-refractivity contribution is 0.364. The van der Waals surface area contributed by atoms with Gasteiger partial charge in [0.1, 0.15) is 5.82 Å². The molecule has 3 rings (SSSR count). The summed E-state index contributed by atoms with van der Waals surface area (Å²) in [5.41, 5.74) is 9.33. The fourth-order valence-corrected chi connectivity index (χ4v) is 3.56. The number of nitrogens with two attached hydrogens (primary N) is 1. The number of fused-ring (bicyclic) bond motifs is 1. The Hall–Kier alpha value is -1.19. The lowest BCUT2D eigenvalue weighted by Gasteiger charge is -2.36. The van der Waals surface area contributed by atoms with Crippen LogP contribution in [-0.2, 0) is 18.4 Å². The largest absolute Gasteiger partial charge is 0.321 e. The maximum Gasteiger partial charge on any atom is 0.126 e. The molecule has 3 heteroatoms. The average Bonchev–Trinajstić information content (AvgIpc) is 2.43. The maximum atomic E-state index is 14.0. The lowest BCUT2D eigenvalue weighted by atomic mass is 9.74. The molecule has 0 saturated heterocycles. The number of halogens is 2. The molecule has 2 N–H and O–H groups in total. The molecule has 0 saturated carbocycles. The minimum atomic E-state index is -0.462. The Labute approximate surface area is 127 Å². The summed E-state index contributed by atoms with van der Waals surface area (Å²) in [6, 6.07) is 13.3. The van der Waals surface area contributed by atoms with Crippen molar-refractivity contribution in [1.29, 1.82) is 0 Å². The van der Waals surface area contributed by atoms with E-state index in [0.717, 1.165) is 23.7 Å². The Morgan fingerprint density at radius 3 is 2.85 bits per heavy atom. The molecule has 2 aromatic rings. The van der Waals surface area contributed by atoms with Crippen molar-refractivity contribution in [2.75, 3.05) is 0 Å². The van der Waals surface area contributed by atoms with Crippen molar-refractivity contribution in [3.8, 4) is 0 Å². The SMILES string of the molecule is NC1(Cc2cc(Br)ccc2F)CCCc2ccccc21. The van der Waals surface area contributed by atoms with Crippen LogP contribution in [-0.4, -0.2) is 0 Å². The van der Waals surface area contributed by atoms with Crippen LogP contribution in [0.25, 0.3) is 0 Å². The molecule has 1 nitrogen and oxygen atoms in total. The van der Waals surface area contributed by atoms with E-state index in [1.54, 1.807) is 6.07 Å². The second-order valence-electron chi connectivity index (χ2n) is 5.58. The van der Waals surface area contributed by atoms with Gasteiger partial charge in [-0.15, -0.1) is 0 Å². The molecule has 0 aliphatic heterocycles. The molecule has 1 atom stereocenters. The molecule has 0 heterocycles. The summed E-state index contributed by atoms with van der Waals surface area (Å²) < 4.78 is 14.9. The highest BCUT2D eigenvalue weighted by Crippen LogP contribution is 2.36. The molecule has 0 radical (unpaired) electrons. The molecular formula is C17H17BrFN. The Kier molecular flexibility index (Phi) is 3.65. The summed E-state index contributed by atoms with van der Waals surface area (Å²) >= 11 is 3.40. The van der Waals surface area contributed by atoms with Gasteiger partial charge in [-0.25, -0.2) is 4.39 Å². The highest BCUT2D eigenvalue weighted by molar-refractivity contribution is 9.10. The quantitative estimate of drug-likeness (QED) is 0.870. The molecule has 0 fully saturated rings. The summed E-state index contributed by atoms with van der Waals surface area (Å²) in [6.07, 6.45) is 3.56. The summed E-state index contributed by atoms with van der Waals surface area (Å²) in [4.78, 5) is 0. The molecule has 0 bridgehead atoms. The van der Waals surface area contributed by atoms with Gasteiger partial charge in [0.25, 0.3) is 0 Å². The number of benzene rings is 2. The first-order valence-corrected chi connectivity index (χ1v) is 7.69. The molecule has 1 aliphatic carbocycles. The summed E-state index contributed by atoms with van der Waals surface area (Å²) in [5.74, 6) is -0.180. The molecule has 20 heavy (non-hydrogen) atoms. The Morgan fingerprint density at radius 1 is 1.20 bits per heavy atom. The van der Waals surface area contributed by atoms with E-state index >= 15 is 0 Å². The van der Waals surface area contributed by atoms with E-state index < -0.39 is 5.54 Å². The van der Waals surface area contributed by atoms with Crippen LogP contribution in [0.2, 0.25) is 0 Å². The van der Waals surface area contributed by atoms with Crippen LogP contribution in [0, 0.1) is 5.82 Å². The van der Waals surface area contributed by atoms with E-state index in [9.17, 15) is 4.39 Å². The van der Waals surface area contributed by atoms with Crippen LogP contribution < -0.4 is 5.73 Å². The minimum absolute atomic E-state index is 0.180. The van der Waals surface area contributed by atoms with E-state index in [4.69, 9.17) is 5.73 Å². The van der Waals surface area contributed by atoms with Crippen LogP contribution in [0.3, 0.4) is 0 Å². The lowest BCUT2D eigenvalue weighted by Crippen LogP contribution is -2.42. The van der Waals surface area contributed by atoms with Gasteiger partial charge in [0.2, 0.25) is 0 Å². The maximum absolute atomic E-state index is 14.0. The minimum Gasteiger partial charge on any atom is -0.321 e. The van der Waals surface area contributed by atoms with Gasteiger partial charge in [-0.2, -0.15) is 0 Å². The summed E-state index contributed by atoms with van der Waals surface area (Å²) in [7, 11) is 0. The van der Waals surface area contributed by atoms with Crippen molar-refractivity contribution in [2.24, 2.45) is 5.73 Å². The van der Waals surface area contributed by atoms with Gasteiger partial charge in [-0.05, 0) is 60.6 Å². The van der Waals surface area contributed by atoms with Crippen LogP contribution in [0.5, 0.6) is 0 Å². The smallest absolute Gasteiger partial charge is 0.126 e. The predicted molar refractivity (Wildman–Crippen MR) is 83.0 cm³/mol. The molecular weight excluding hydrogens is 317 g/mol. The van der Waals surface area contributed by atoms with Crippen LogP contribution in [0.15, 0.2) is 46.9 Å². The number of rotatable bonds is 2. The molecule has 0 amide bonds. The zero-order valence-corrected chi connectivity index (χ0v) is 12.8. The third kappa shape index (κ3) is 2.52. The first kappa shape index (κ1) is 13.8. The van der Waals surface area contributed by atoms with Gasteiger partial charge < -0.3 is 5.73 Å². The standard InChI is InChI=1S/C17H17BrFN/c18-14-7-8-16(19)13(10-14)11-17(20)9-3-5-12-4-1-2-6-15(12)17/h1-2,4,6-8,10H,3,5,9,11,20H2. The summed E-state index contributed by atoms with van der Waals surface area (Å²) in [5, 5.41) is 0. The first-order valence-electron chi connectivity index (χ1n) is 6.90. The second-order valence-corrected chi connectivity index (χ2v) is 6.50. The van der Waals surface area contributed by atoms with Crippen molar-refractivity contribution in [1.82, 2.24) is 0 Å². The fourth-order valence-electron chi connectivity index (χ4n) is 3.16. The zero-order chi connectivity index (χ0) is 14.2. The third-order valence-electron chi connectivity index (χ3n) is 4.14. The van der Waals surface area contributed by atoms with Crippen LogP contribution >= 0.6 is 15.9 Å². The van der Waals surface area contributed by atoms with Gasteiger partial charge in [0.15, 0.2) is 0 Å². The highest BCUT2D eigenvalue weighted by Gasteiger charge is 2.33. The van der Waals surface area contributed by atoms with E-state index in [2.05, 4.69) is 28.1 Å². The second kappa shape index (κ2) is 5.30. The van der Waals surface area contributed by atoms with Gasteiger partial charge >= 0.3 is 0 Å². The summed E-state index contributed by atoms with van der Waals surface area (Å²) in [6.45, 7) is 0. The predicted octanol–water partition coefficient (Wildman–Crippen LogP) is 4.32. The van der Waals surface area contributed by atoms with Crippen LogP contribution in [0.4, 0.5) is 4.39 Å². The molecule has 104 valence electrons. The first-order chi connectivity index (χ1) is 9.58. The van der Waals surface area contributed by atoms with E-state index in [-0.39, 0.29) is 5.82 Å². The van der Waals surface area contributed by atoms with Gasteiger partial charge in [-0.3, -0.25) is 0 Å². The van der Waals surface area contributed by atoms with Crippen molar-refractivity contribution in [3.05, 3.63) is 69.4 Å². The Morgan fingerprint density at radius 2 is 2.00 bits per heavy atom.